The molecule has 3 rings (SSSR count). The minimum Gasteiger partial charge on any atom is -0.481 e. The number of benzene rings is 2. The molecule has 0 fully saturated rings. The van der Waals surface area contributed by atoms with Gasteiger partial charge in [-0.3, -0.25) is 4.79 Å². The highest BCUT2D eigenvalue weighted by Crippen LogP contribution is 2.44. The lowest BCUT2D eigenvalue weighted by Gasteiger charge is -2.26. The summed E-state index contributed by atoms with van der Waals surface area (Å²) in [6.45, 7) is 4.69. The second-order valence-corrected chi connectivity index (χ2v) is 8.01. The lowest BCUT2D eigenvalue weighted by atomic mass is 10.1. The van der Waals surface area contributed by atoms with Gasteiger partial charge in [-0.05, 0) is 51.1 Å². The molecule has 10 heteroatoms. The molecule has 0 bridgehead atoms. The number of hydrogen-bond donors (Lipinski definition) is 1. The number of carbonyl (C=O) groups excluding carboxylic acids is 1. The molecule has 1 aliphatic heterocycles. The van der Waals surface area contributed by atoms with Crippen molar-refractivity contribution in [1.29, 1.82) is 0 Å². The first-order valence-corrected chi connectivity index (χ1v) is 9.69. The molecule has 0 atom stereocenters. The fraction of sp³-hybridized carbons (Fsp3) is 0.364. The number of alkyl halides is 3. The molecule has 0 aromatic heterocycles. The molecule has 32 heavy (non-hydrogen) atoms. The summed E-state index contributed by atoms with van der Waals surface area (Å²) in [5, 5.41) is 8.92. The van der Waals surface area contributed by atoms with Crippen LogP contribution in [-0.2, 0) is 15.7 Å². The highest BCUT2D eigenvalue weighted by Gasteiger charge is 2.36. The second kappa shape index (κ2) is 8.70. The number of amides is 1. The number of hydrogen-bond acceptors (Lipinski definition) is 5. The fourth-order valence-electron chi connectivity index (χ4n) is 3.09. The molecule has 1 N–H and O–H groups in total. The third-order valence-electron chi connectivity index (χ3n) is 4.45. The number of carboxylic acid groups (broad SMARTS) is 1. The number of aliphatic carboxylic acids is 1. The molecule has 7 nitrogen and oxygen atoms in total. The predicted octanol–water partition coefficient (Wildman–Crippen LogP) is 4.74. The number of carbonyl (C=O) groups is 2. The first-order chi connectivity index (χ1) is 14.9. The summed E-state index contributed by atoms with van der Waals surface area (Å²) in [5.41, 5.74) is -1.64. The van der Waals surface area contributed by atoms with Gasteiger partial charge in [0.15, 0.2) is 12.4 Å². The van der Waals surface area contributed by atoms with Gasteiger partial charge in [-0.25, -0.2) is 4.79 Å². The summed E-state index contributed by atoms with van der Waals surface area (Å²) in [6.07, 6.45) is -4.62. The van der Waals surface area contributed by atoms with E-state index in [9.17, 15) is 22.8 Å². The van der Waals surface area contributed by atoms with Crippen molar-refractivity contribution in [2.75, 3.05) is 24.7 Å². The van der Waals surface area contributed by atoms with Crippen molar-refractivity contribution in [1.82, 2.24) is 0 Å². The van der Waals surface area contributed by atoms with E-state index in [1.807, 2.05) is 20.8 Å². The maximum atomic E-state index is 13.5. The Morgan fingerprint density at radius 2 is 1.84 bits per heavy atom. The van der Waals surface area contributed by atoms with Crippen LogP contribution >= 0.6 is 0 Å². The zero-order chi connectivity index (χ0) is 23.7. The van der Waals surface area contributed by atoms with Crippen LogP contribution in [0, 0.1) is 0 Å². The predicted molar refractivity (Wildman–Crippen MR) is 108 cm³/mol. The molecule has 0 unspecified atom stereocenters. The van der Waals surface area contributed by atoms with E-state index in [0.29, 0.717) is 0 Å². The second-order valence-electron chi connectivity index (χ2n) is 8.01. The normalized spacial score (nSPS) is 13.7. The van der Waals surface area contributed by atoms with Gasteiger partial charge in [0, 0.05) is 6.54 Å². The van der Waals surface area contributed by atoms with Crippen molar-refractivity contribution in [2.24, 2.45) is 0 Å². The molecular formula is C22H22F3NO6. The minimum absolute atomic E-state index is 0.0382. The van der Waals surface area contributed by atoms with E-state index in [4.69, 9.17) is 19.3 Å². The van der Waals surface area contributed by atoms with Crippen molar-refractivity contribution in [3.05, 3.63) is 47.5 Å². The van der Waals surface area contributed by atoms with Gasteiger partial charge in [0.2, 0.25) is 0 Å². The molecule has 0 spiro atoms. The molecule has 0 aliphatic carbocycles. The number of fused-ring (bicyclic) bond motifs is 2. The monoisotopic (exact) mass is 453 g/mol. The number of ether oxygens (including phenoxy) is 3. The topological polar surface area (TPSA) is 85.3 Å². The average molecular weight is 453 g/mol. The van der Waals surface area contributed by atoms with E-state index in [2.05, 4.69) is 0 Å². The van der Waals surface area contributed by atoms with Gasteiger partial charge < -0.3 is 24.2 Å². The van der Waals surface area contributed by atoms with Crippen LogP contribution in [-0.4, -0.2) is 42.3 Å². The fourth-order valence-corrected chi connectivity index (χ4v) is 3.09. The molecule has 1 aliphatic rings. The summed E-state index contributed by atoms with van der Waals surface area (Å²) in [5.74, 6) is -1.93. The molecule has 172 valence electrons. The number of carboxylic acids is 1. The van der Waals surface area contributed by atoms with Crippen molar-refractivity contribution >= 4 is 17.6 Å². The molecule has 0 saturated heterocycles. The van der Waals surface area contributed by atoms with Crippen LogP contribution in [0.5, 0.6) is 17.2 Å². The van der Waals surface area contributed by atoms with E-state index in [1.165, 1.54) is 18.2 Å². The highest BCUT2D eigenvalue weighted by molar-refractivity contribution is 6.11. The number of anilines is 1. The van der Waals surface area contributed by atoms with E-state index in [-0.39, 0.29) is 41.7 Å². The SMILES string of the molecule is CC(C)(C)OCCN1C(=O)c2c(OCC(=O)O)cccc2Oc2ccc(C(F)(F)F)cc21. The Kier molecular flexibility index (Phi) is 6.36. The van der Waals surface area contributed by atoms with Gasteiger partial charge in [-0.2, -0.15) is 13.2 Å². The zero-order valence-electron chi connectivity index (χ0n) is 17.7. The van der Waals surface area contributed by atoms with Gasteiger partial charge in [0.05, 0.1) is 23.5 Å². The van der Waals surface area contributed by atoms with Crippen LogP contribution in [0.4, 0.5) is 18.9 Å². The summed E-state index contributed by atoms with van der Waals surface area (Å²) >= 11 is 0. The summed E-state index contributed by atoms with van der Waals surface area (Å²) in [7, 11) is 0. The first-order valence-electron chi connectivity index (χ1n) is 9.69. The van der Waals surface area contributed by atoms with Gasteiger partial charge in [0.25, 0.3) is 5.91 Å². The summed E-state index contributed by atoms with van der Waals surface area (Å²) in [6, 6.07) is 7.19. The lowest BCUT2D eigenvalue weighted by molar-refractivity contribution is -0.139. The van der Waals surface area contributed by atoms with E-state index < -0.39 is 35.8 Å². The Labute approximate surface area is 182 Å². The van der Waals surface area contributed by atoms with Crippen LogP contribution in [0.25, 0.3) is 0 Å². The number of halogens is 3. The maximum absolute atomic E-state index is 13.5. The van der Waals surface area contributed by atoms with E-state index in [1.54, 1.807) is 0 Å². The van der Waals surface area contributed by atoms with Crippen molar-refractivity contribution < 1.29 is 42.1 Å². The van der Waals surface area contributed by atoms with Crippen LogP contribution in [0.1, 0.15) is 36.7 Å². The van der Waals surface area contributed by atoms with Crippen molar-refractivity contribution in [3.8, 4) is 17.2 Å². The first kappa shape index (κ1) is 23.4. The zero-order valence-corrected chi connectivity index (χ0v) is 17.7. The number of rotatable bonds is 6. The molecule has 0 radical (unpaired) electrons. The Bertz CT molecular complexity index is 1030. The van der Waals surface area contributed by atoms with E-state index in [0.717, 1.165) is 23.1 Å². The molecule has 0 saturated carbocycles. The maximum Gasteiger partial charge on any atom is 0.416 e. The minimum atomic E-state index is -4.62. The summed E-state index contributed by atoms with van der Waals surface area (Å²) < 4.78 is 56.7. The van der Waals surface area contributed by atoms with Gasteiger partial charge in [-0.15, -0.1) is 0 Å². The molecular weight excluding hydrogens is 431 g/mol. The highest BCUT2D eigenvalue weighted by atomic mass is 19.4. The molecule has 1 amide bonds. The van der Waals surface area contributed by atoms with Crippen molar-refractivity contribution in [3.63, 3.8) is 0 Å². The summed E-state index contributed by atoms with van der Waals surface area (Å²) in [4.78, 5) is 25.5. The number of nitrogens with zero attached hydrogens (tertiary/aromatic N) is 1. The Morgan fingerprint density at radius 3 is 2.47 bits per heavy atom. The largest absolute Gasteiger partial charge is 0.481 e. The van der Waals surface area contributed by atoms with Crippen LogP contribution in [0.2, 0.25) is 0 Å². The third kappa shape index (κ3) is 5.31. The van der Waals surface area contributed by atoms with Gasteiger partial charge in [-0.1, -0.05) is 6.07 Å². The standard InChI is InChI=1S/C22H22F3NO6/c1-21(2,3)31-10-9-26-14-11-13(22(23,24)25)7-8-15(14)32-17-6-4-5-16(19(17)20(26)29)30-12-18(27)28/h4-8,11H,9-10,12H2,1-3H3,(H,27,28). The van der Waals surface area contributed by atoms with Crippen molar-refractivity contribution in [2.45, 2.75) is 32.5 Å². The van der Waals surface area contributed by atoms with Gasteiger partial charge in [0.1, 0.15) is 17.1 Å². The molecule has 2 aromatic rings. The lowest BCUT2D eigenvalue weighted by Crippen LogP contribution is -2.35. The average Bonchev–Trinajstić information content (AvgIpc) is 2.79. The van der Waals surface area contributed by atoms with Crippen LogP contribution < -0.4 is 14.4 Å². The van der Waals surface area contributed by atoms with Gasteiger partial charge >= 0.3 is 12.1 Å². The Balaban J connectivity index is 2.09. The molecule has 1 heterocycles. The Morgan fingerprint density at radius 1 is 1.12 bits per heavy atom. The van der Waals surface area contributed by atoms with Crippen LogP contribution in [0.3, 0.4) is 0 Å². The Hall–Kier alpha value is -3.27. The third-order valence-corrected chi connectivity index (χ3v) is 4.45. The van der Waals surface area contributed by atoms with Crippen LogP contribution in [0.15, 0.2) is 36.4 Å². The van der Waals surface area contributed by atoms with E-state index >= 15 is 0 Å². The smallest absolute Gasteiger partial charge is 0.416 e. The molecule has 2 aromatic carbocycles. The quantitative estimate of drug-likeness (QED) is 0.680.